The van der Waals surface area contributed by atoms with Crippen molar-refractivity contribution in [3.8, 4) is 5.88 Å². The molecule has 0 saturated heterocycles. The zero-order valence-electron chi connectivity index (χ0n) is 16.8. The van der Waals surface area contributed by atoms with Gasteiger partial charge in [0, 0.05) is 28.1 Å². The van der Waals surface area contributed by atoms with Gasteiger partial charge in [0.15, 0.2) is 10.8 Å². The van der Waals surface area contributed by atoms with E-state index in [0.717, 1.165) is 17.0 Å². The fourth-order valence-electron chi connectivity index (χ4n) is 3.04. The lowest BCUT2D eigenvalue weighted by Crippen LogP contribution is -1.95. The molecular weight excluding hydrogens is 417 g/mol. The number of benzene rings is 2. The highest BCUT2D eigenvalue weighted by molar-refractivity contribution is 7.98. The second kappa shape index (κ2) is 8.65. The Hall–Kier alpha value is -3.59. The third-order valence-corrected chi connectivity index (χ3v) is 5.40. The van der Waals surface area contributed by atoms with Crippen LogP contribution in [0.25, 0.3) is 10.9 Å². The molecule has 0 aliphatic carbocycles. The van der Waals surface area contributed by atoms with Gasteiger partial charge in [-0.15, -0.1) is 10.2 Å². The van der Waals surface area contributed by atoms with Crippen molar-refractivity contribution in [2.75, 3.05) is 0 Å². The minimum absolute atomic E-state index is 0.0179. The lowest BCUT2D eigenvalue weighted by Gasteiger charge is -2.04. The Morgan fingerprint density at radius 2 is 1.81 bits per heavy atom. The number of fused-ring (bicyclic) bond motifs is 1. The number of nitrogens with zero attached hydrogens (tertiary/aromatic N) is 4. The van der Waals surface area contributed by atoms with Gasteiger partial charge in [0.2, 0.25) is 5.88 Å². The first-order valence-electron chi connectivity index (χ1n) is 9.39. The molecule has 0 atom stereocenters. The Bertz CT molecular complexity index is 1280. The summed E-state index contributed by atoms with van der Waals surface area (Å²) in [5.41, 5.74) is 3.71. The van der Waals surface area contributed by atoms with Crippen molar-refractivity contribution in [3.05, 3.63) is 76.9 Å². The third-order valence-electron chi connectivity index (χ3n) is 4.49. The Morgan fingerprint density at radius 3 is 2.52 bits per heavy atom. The summed E-state index contributed by atoms with van der Waals surface area (Å²) in [6.45, 7) is 3.86. The van der Waals surface area contributed by atoms with Crippen LogP contribution < -0.4 is 0 Å². The maximum absolute atomic E-state index is 13.5. The van der Waals surface area contributed by atoms with E-state index in [9.17, 15) is 14.3 Å². The smallest absolute Gasteiger partial charge is 0.295 e. The minimum Gasteiger partial charge on any atom is -0.493 e. The lowest BCUT2D eigenvalue weighted by molar-refractivity contribution is 0.0995. The molecule has 156 valence electrons. The number of aromatic nitrogens is 3. The average Bonchev–Trinajstić information content (AvgIpc) is 3.04. The van der Waals surface area contributed by atoms with E-state index < -0.39 is 11.7 Å². The van der Waals surface area contributed by atoms with E-state index in [1.54, 1.807) is 12.1 Å². The topological polar surface area (TPSA) is 104 Å². The monoisotopic (exact) mass is 435 g/mol. The van der Waals surface area contributed by atoms with Gasteiger partial charge in [0.1, 0.15) is 5.82 Å². The molecule has 0 radical (unpaired) electrons. The fraction of sp³-hybridized carbons (Fsp3) is 0.136. The summed E-state index contributed by atoms with van der Waals surface area (Å²) >= 11 is 1.52. The van der Waals surface area contributed by atoms with Gasteiger partial charge in [-0.2, -0.15) is 0 Å². The zero-order chi connectivity index (χ0) is 22.0. The van der Waals surface area contributed by atoms with Crippen LogP contribution in [0.2, 0.25) is 0 Å². The maximum Gasteiger partial charge on any atom is 0.295 e. The van der Waals surface area contributed by atoms with Crippen LogP contribution in [0, 0.1) is 19.7 Å². The first kappa shape index (κ1) is 20.7. The molecule has 2 aromatic carbocycles. The number of hydrogen-bond donors (Lipinski definition) is 2. The Balaban J connectivity index is 1.45. The molecule has 0 bridgehead atoms. The summed E-state index contributed by atoms with van der Waals surface area (Å²) in [4.78, 5) is 23.8. The number of amides is 1. The van der Waals surface area contributed by atoms with E-state index in [0.29, 0.717) is 27.4 Å². The van der Waals surface area contributed by atoms with Crippen LogP contribution in [-0.2, 0) is 5.75 Å². The highest BCUT2D eigenvalue weighted by Gasteiger charge is 2.12. The molecule has 0 unspecified atom stereocenters. The van der Waals surface area contributed by atoms with E-state index in [-0.39, 0.29) is 11.6 Å². The van der Waals surface area contributed by atoms with Crippen molar-refractivity contribution in [1.29, 1.82) is 0 Å². The largest absolute Gasteiger partial charge is 0.493 e. The van der Waals surface area contributed by atoms with E-state index >= 15 is 0 Å². The summed E-state index contributed by atoms with van der Waals surface area (Å²) < 4.78 is 13.5. The fourth-order valence-corrected chi connectivity index (χ4v) is 3.94. The highest BCUT2D eigenvalue weighted by atomic mass is 32.2. The number of carbonyl (C=O) groups excluding carboxylic acids is 1. The molecule has 2 aromatic heterocycles. The number of azo groups is 1. The molecule has 2 heterocycles. The van der Waals surface area contributed by atoms with Crippen LogP contribution in [0.4, 0.5) is 10.1 Å². The minimum atomic E-state index is -0.568. The van der Waals surface area contributed by atoms with Crippen molar-refractivity contribution in [3.63, 3.8) is 0 Å². The van der Waals surface area contributed by atoms with Crippen LogP contribution in [0.3, 0.4) is 0 Å². The number of rotatable bonds is 5. The Labute approximate surface area is 181 Å². The zero-order valence-corrected chi connectivity index (χ0v) is 17.6. The summed E-state index contributed by atoms with van der Waals surface area (Å²) in [5, 5.41) is 18.5. The predicted octanol–water partition coefficient (Wildman–Crippen LogP) is 5.64. The molecule has 7 nitrogen and oxygen atoms in total. The van der Waals surface area contributed by atoms with Crippen LogP contribution in [0.1, 0.15) is 27.3 Å². The van der Waals surface area contributed by atoms with E-state index in [1.165, 1.54) is 30.0 Å². The average molecular weight is 435 g/mol. The second-order valence-electron chi connectivity index (χ2n) is 6.94. The van der Waals surface area contributed by atoms with Crippen molar-refractivity contribution in [1.82, 2.24) is 15.0 Å². The molecule has 0 aliphatic heterocycles. The van der Waals surface area contributed by atoms with Gasteiger partial charge >= 0.3 is 0 Å². The number of aromatic amines is 1. The number of H-pyrrole nitrogens is 1. The van der Waals surface area contributed by atoms with Crippen molar-refractivity contribution in [2.24, 2.45) is 10.2 Å². The molecule has 0 fully saturated rings. The summed E-state index contributed by atoms with van der Waals surface area (Å²) in [7, 11) is 0. The maximum atomic E-state index is 13.5. The summed E-state index contributed by atoms with van der Waals surface area (Å²) in [6, 6.07) is 12.9. The predicted molar refractivity (Wildman–Crippen MR) is 116 cm³/mol. The van der Waals surface area contributed by atoms with Crippen LogP contribution in [0.5, 0.6) is 5.88 Å². The van der Waals surface area contributed by atoms with E-state index in [1.807, 2.05) is 32.0 Å². The summed E-state index contributed by atoms with van der Waals surface area (Å²) in [6.07, 6.45) is 0. The molecule has 1 amide bonds. The van der Waals surface area contributed by atoms with Gasteiger partial charge in [-0.25, -0.2) is 14.4 Å². The van der Waals surface area contributed by atoms with Crippen molar-refractivity contribution < 1.29 is 14.3 Å². The molecule has 9 heteroatoms. The van der Waals surface area contributed by atoms with Crippen molar-refractivity contribution >= 4 is 34.3 Å². The Kier molecular flexibility index (Phi) is 5.77. The van der Waals surface area contributed by atoms with Crippen LogP contribution in [-0.4, -0.2) is 26.0 Å². The summed E-state index contributed by atoms with van der Waals surface area (Å²) in [5.74, 6) is -0.665. The van der Waals surface area contributed by atoms with E-state index in [2.05, 4.69) is 25.2 Å². The van der Waals surface area contributed by atoms with Crippen molar-refractivity contribution in [2.45, 2.75) is 24.8 Å². The lowest BCUT2D eigenvalue weighted by atomic mass is 10.1. The van der Waals surface area contributed by atoms with E-state index in [4.69, 9.17) is 0 Å². The van der Waals surface area contributed by atoms with Crippen LogP contribution >= 0.6 is 11.8 Å². The van der Waals surface area contributed by atoms with Gasteiger partial charge in [-0.05, 0) is 55.8 Å². The molecule has 0 saturated carbocycles. The normalized spacial score (nSPS) is 11.5. The number of carbonyl (C=O) groups is 1. The van der Waals surface area contributed by atoms with Gasteiger partial charge in [0.25, 0.3) is 5.91 Å². The second-order valence-corrected chi connectivity index (χ2v) is 7.88. The quantitative estimate of drug-likeness (QED) is 0.240. The number of hydrogen-bond acceptors (Lipinski definition) is 6. The molecule has 0 aliphatic rings. The molecule has 31 heavy (non-hydrogen) atoms. The number of aryl methyl sites for hydroxylation is 2. The molecule has 4 rings (SSSR count). The number of aromatic hydroxyl groups is 1. The highest BCUT2D eigenvalue weighted by Crippen LogP contribution is 2.35. The molecular formula is C22H18FN5O2S. The van der Waals surface area contributed by atoms with Crippen LogP contribution in [0.15, 0.2) is 63.9 Å². The third kappa shape index (κ3) is 4.77. The Morgan fingerprint density at radius 1 is 1.10 bits per heavy atom. The van der Waals surface area contributed by atoms with Gasteiger partial charge in [-0.1, -0.05) is 23.9 Å². The standard InChI is InChI=1S/C22H18FN5O2S/c1-12-9-13(2)25-22(24-12)31-11-14-3-5-15(6-4-14)20(29)28-27-19-17-10-16(23)7-8-18(17)26-21(19)30/h3-10,26,30H,11H2,1-2H3. The molecule has 4 aromatic rings. The van der Waals surface area contributed by atoms with Gasteiger partial charge in [0.05, 0.1) is 5.52 Å². The number of halogens is 1. The number of nitrogens with one attached hydrogen (secondary N) is 1. The van der Waals surface area contributed by atoms with Gasteiger partial charge < -0.3 is 10.1 Å². The SMILES string of the molecule is Cc1cc(C)nc(SCc2ccc(C(=O)N=Nc3c(O)[nH]c4ccc(F)cc34)cc2)n1. The molecule has 2 N–H and O–H groups in total. The molecule has 0 spiro atoms. The van der Waals surface area contributed by atoms with Gasteiger partial charge in [-0.3, -0.25) is 4.79 Å². The number of thioether (sulfide) groups is 1. The first-order chi connectivity index (χ1) is 14.9. The first-order valence-corrected chi connectivity index (χ1v) is 10.4.